The number of rotatable bonds is 4. The average Bonchev–Trinajstić information content (AvgIpc) is 2.45. The Kier molecular flexibility index (Phi) is 4.51. The molecule has 21 heavy (non-hydrogen) atoms. The lowest BCUT2D eigenvalue weighted by atomic mass is 10.1. The van der Waals surface area contributed by atoms with Gasteiger partial charge in [-0.2, -0.15) is 0 Å². The molecule has 0 saturated carbocycles. The largest absolute Gasteiger partial charge is 0.478 e. The van der Waals surface area contributed by atoms with Crippen molar-refractivity contribution in [2.75, 3.05) is 0 Å². The number of carbonyl (C=O) groups excluding carboxylic acids is 1. The highest BCUT2D eigenvalue weighted by atomic mass is 16.5. The molecule has 2 aromatic rings. The summed E-state index contributed by atoms with van der Waals surface area (Å²) >= 11 is 0. The summed E-state index contributed by atoms with van der Waals surface area (Å²) in [6.07, 6.45) is 2.47. The Balaban J connectivity index is 2.14. The molecule has 2 aromatic carbocycles. The lowest BCUT2D eigenvalue weighted by molar-refractivity contribution is -0.131. The zero-order valence-electron chi connectivity index (χ0n) is 11.4. The first kappa shape index (κ1) is 14.5. The van der Waals surface area contributed by atoms with E-state index in [9.17, 15) is 9.59 Å². The third-order valence-corrected chi connectivity index (χ3v) is 2.74. The molecule has 0 saturated heterocycles. The molecule has 0 aliphatic heterocycles. The van der Waals surface area contributed by atoms with Crippen LogP contribution in [0.4, 0.5) is 0 Å². The topological polar surface area (TPSA) is 63.6 Å². The van der Waals surface area contributed by atoms with Crippen molar-refractivity contribution in [1.29, 1.82) is 0 Å². The molecule has 0 heterocycles. The standard InChI is InChI=1S/C17H14O4/c1-12-4-2-6-14(10-12)17(20)21-15-7-3-5-13(11-15)8-9-16(18)19/h2-11H,1H3,(H,18,19)/b9-8+. The van der Waals surface area contributed by atoms with E-state index in [2.05, 4.69) is 0 Å². The molecule has 0 unspecified atom stereocenters. The van der Waals surface area contributed by atoms with Crippen molar-refractivity contribution in [3.05, 3.63) is 71.3 Å². The third-order valence-electron chi connectivity index (χ3n) is 2.74. The van der Waals surface area contributed by atoms with Crippen LogP contribution in [-0.4, -0.2) is 17.0 Å². The maximum atomic E-state index is 12.0. The molecular weight excluding hydrogens is 268 g/mol. The van der Waals surface area contributed by atoms with Crippen LogP contribution in [0.1, 0.15) is 21.5 Å². The van der Waals surface area contributed by atoms with Crippen LogP contribution < -0.4 is 4.74 Å². The number of hydrogen-bond acceptors (Lipinski definition) is 3. The van der Waals surface area contributed by atoms with Crippen LogP contribution in [0, 0.1) is 6.92 Å². The van der Waals surface area contributed by atoms with Gasteiger partial charge in [0.05, 0.1) is 5.56 Å². The number of ether oxygens (including phenoxy) is 1. The Bertz CT molecular complexity index is 701. The van der Waals surface area contributed by atoms with Crippen molar-refractivity contribution in [3.8, 4) is 5.75 Å². The summed E-state index contributed by atoms with van der Waals surface area (Å²) in [6.45, 7) is 1.90. The molecule has 0 radical (unpaired) electrons. The zero-order valence-corrected chi connectivity index (χ0v) is 11.4. The van der Waals surface area contributed by atoms with E-state index in [1.54, 1.807) is 42.5 Å². The molecule has 0 fully saturated rings. The van der Waals surface area contributed by atoms with E-state index in [0.29, 0.717) is 16.9 Å². The second kappa shape index (κ2) is 6.52. The normalized spacial score (nSPS) is 10.5. The predicted octanol–water partition coefficient (Wildman–Crippen LogP) is 3.31. The van der Waals surface area contributed by atoms with Gasteiger partial charge in [-0.15, -0.1) is 0 Å². The first-order valence-electron chi connectivity index (χ1n) is 6.34. The van der Waals surface area contributed by atoms with Crippen LogP contribution in [0.3, 0.4) is 0 Å². The number of carboxylic acid groups (broad SMARTS) is 1. The van der Waals surface area contributed by atoms with E-state index in [0.717, 1.165) is 11.6 Å². The SMILES string of the molecule is Cc1cccc(C(=O)Oc2cccc(/C=C/C(=O)O)c2)c1. The number of carbonyl (C=O) groups is 2. The van der Waals surface area contributed by atoms with E-state index in [4.69, 9.17) is 9.84 Å². The van der Waals surface area contributed by atoms with Crippen molar-refractivity contribution < 1.29 is 19.4 Å². The first-order valence-corrected chi connectivity index (χ1v) is 6.34. The molecule has 1 N–H and O–H groups in total. The van der Waals surface area contributed by atoms with Gasteiger partial charge in [0.2, 0.25) is 0 Å². The Labute approximate surface area is 122 Å². The Hall–Kier alpha value is -2.88. The van der Waals surface area contributed by atoms with Crippen molar-refractivity contribution in [2.45, 2.75) is 6.92 Å². The minimum Gasteiger partial charge on any atom is -0.478 e. The fourth-order valence-corrected chi connectivity index (χ4v) is 1.79. The molecule has 106 valence electrons. The van der Waals surface area contributed by atoms with Gasteiger partial charge in [-0.25, -0.2) is 9.59 Å². The fourth-order valence-electron chi connectivity index (χ4n) is 1.79. The van der Waals surface area contributed by atoms with Gasteiger partial charge in [-0.05, 0) is 42.8 Å². The van der Waals surface area contributed by atoms with Crippen molar-refractivity contribution in [3.63, 3.8) is 0 Å². The van der Waals surface area contributed by atoms with Crippen LogP contribution in [0.2, 0.25) is 0 Å². The Morgan fingerprint density at radius 3 is 2.57 bits per heavy atom. The lowest BCUT2D eigenvalue weighted by Crippen LogP contribution is -2.08. The quantitative estimate of drug-likeness (QED) is 0.531. The van der Waals surface area contributed by atoms with E-state index in [1.165, 1.54) is 6.08 Å². The summed E-state index contributed by atoms with van der Waals surface area (Å²) in [5.41, 5.74) is 2.09. The van der Waals surface area contributed by atoms with Crippen molar-refractivity contribution in [2.24, 2.45) is 0 Å². The van der Waals surface area contributed by atoms with Gasteiger partial charge in [0.15, 0.2) is 0 Å². The second-order valence-corrected chi connectivity index (χ2v) is 4.50. The minimum atomic E-state index is -1.03. The predicted molar refractivity (Wildman–Crippen MR) is 79.2 cm³/mol. The van der Waals surface area contributed by atoms with Crippen LogP contribution in [-0.2, 0) is 4.79 Å². The number of carboxylic acids is 1. The van der Waals surface area contributed by atoms with Gasteiger partial charge >= 0.3 is 11.9 Å². The number of benzene rings is 2. The highest BCUT2D eigenvalue weighted by Gasteiger charge is 2.08. The average molecular weight is 282 g/mol. The number of aryl methyl sites for hydroxylation is 1. The first-order chi connectivity index (χ1) is 10.0. The number of hydrogen-bond donors (Lipinski definition) is 1. The third kappa shape index (κ3) is 4.31. The monoisotopic (exact) mass is 282 g/mol. The van der Waals surface area contributed by atoms with Crippen LogP contribution >= 0.6 is 0 Å². The highest BCUT2D eigenvalue weighted by molar-refractivity contribution is 5.91. The maximum Gasteiger partial charge on any atom is 0.343 e. The Morgan fingerprint density at radius 1 is 1.10 bits per heavy atom. The van der Waals surface area contributed by atoms with E-state index >= 15 is 0 Å². The molecule has 0 atom stereocenters. The van der Waals surface area contributed by atoms with Crippen LogP contribution in [0.5, 0.6) is 5.75 Å². The lowest BCUT2D eigenvalue weighted by Gasteiger charge is -2.05. The second-order valence-electron chi connectivity index (χ2n) is 4.50. The van der Waals surface area contributed by atoms with Crippen molar-refractivity contribution >= 4 is 18.0 Å². The molecule has 0 aromatic heterocycles. The van der Waals surface area contributed by atoms with Crippen LogP contribution in [0.15, 0.2) is 54.6 Å². The van der Waals surface area contributed by atoms with E-state index < -0.39 is 11.9 Å². The molecular formula is C17H14O4. The number of esters is 1. The van der Waals surface area contributed by atoms with Gasteiger partial charge < -0.3 is 9.84 Å². The molecule has 0 amide bonds. The maximum absolute atomic E-state index is 12.0. The molecule has 4 heteroatoms. The Morgan fingerprint density at radius 2 is 1.86 bits per heavy atom. The van der Waals surface area contributed by atoms with Gasteiger partial charge in [-0.3, -0.25) is 0 Å². The van der Waals surface area contributed by atoms with Gasteiger partial charge in [-0.1, -0.05) is 29.8 Å². The van der Waals surface area contributed by atoms with E-state index in [-0.39, 0.29) is 0 Å². The summed E-state index contributed by atoms with van der Waals surface area (Å²) < 4.78 is 5.28. The van der Waals surface area contributed by atoms with Gasteiger partial charge in [0.1, 0.15) is 5.75 Å². The molecule has 0 aliphatic carbocycles. The van der Waals surface area contributed by atoms with E-state index in [1.807, 2.05) is 13.0 Å². The van der Waals surface area contributed by atoms with Gasteiger partial charge in [0.25, 0.3) is 0 Å². The number of aliphatic carboxylic acids is 1. The summed E-state index contributed by atoms with van der Waals surface area (Å²) in [7, 11) is 0. The smallest absolute Gasteiger partial charge is 0.343 e. The molecule has 4 nitrogen and oxygen atoms in total. The molecule has 0 spiro atoms. The summed E-state index contributed by atoms with van der Waals surface area (Å²) in [4.78, 5) is 22.5. The fraction of sp³-hybridized carbons (Fsp3) is 0.0588. The molecule has 0 bridgehead atoms. The summed E-state index contributed by atoms with van der Waals surface area (Å²) in [5.74, 6) is -1.11. The highest BCUT2D eigenvalue weighted by Crippen LogP contribution is 2.16. The molecule has 0 aliphatic rings. The van der Waals surface area contributed by atoms with Crippen molar-refractivity contribution in [1.82, 2.24) is 0 Å². The van der Waals surface area contributed by atoms with Gasteiger partial charge in [0, 0.05) is 6.08 Å². The summed E-state index contributed by atoms with van der Waals surface area (Å²) in [5, 5.41) is 8.59. The minimum absolute atomic E-state index is 0.369. The van der Waals surface area contributed by atoms with Crippen LogP contribution in [0.25, 0.3) is 6.08 Å². The zero-order chi connectivity index (χ0) is 15.2. The molecule has 2 rings (SSSR count). The summed E-state index contributed by atoms with van der Waals surface area (Å²) in [6, 6.07) is 13.8.